The smallest absolute Gasteiger partial charge is 0.448 e. The molecule has 0 bridgehead atoms. The van der Waals surface area contributed by atoms with Gasteiger partial charge < -0.3 is 9.47 Å². The minimum atomic E-state index is -8.10. The Bertz CT molecular complexity index is 1290. The molecule has 0 aromatic heterocycles. The molecule has 38 heavy (non-hydrogen) atoms. The van der Waals surface area contributed by atoms with Crippen LogP contribution in [-0.4, -0.2) is 63.9 Å². The fraction of sp³-hybridized carbons (Fsp3) is 0.375. The highest BCUT2D eigenvalue weighted by Gasteiger charge is 2.85. The van der Waals surface area contributed by atoms with Crippen LogP contribution in [0.2, 0.25) is 0 Å². The molecule has 1 aromatic carbocycles. The molecule has 0 saturated heterocycles. The summed E-state index contributed by atoms with van der Waals surface area (Å²) in [5.74, 6) is -21.2. The van der Waals surface area contributed by atoms with Gasteiger partial charge in [0, 0.05) is 0 Å². The van der Waals surface area contributed by atoms with E-state index in [0.717, 1.165) is 12.1 Å². The number of carbonyl (C=O) groups excluding carboxylic acids is 2. The molecule has 1 N–H and O–H groups in total. The summed E-state index contributed by atoms with van der Waals surface area (Å²) in [4.78, 5) is 22.9. The van der Waals surface area contributed by atoms with Gasteiger partial charge >= 0.3 is 50.5 Å². The van der Waals surface area contributed by atoms with Crippen molar-refractivity contribution >= 4 is 38.1 Å². The SMILES string of the molecule is C=Cc1ccc(OC(=O)COC(=O)C(F)(F)S(=O)(=O)NS(=O)(=O)C(F)(F)C(F)(F)C(F)(F)C(F)(F)F)cc1. The number of alkyl halides is 11. The first kappa shape index (κ1) is 33.0. The van der Waals surface area contributed by atoms with E-state index in [0.29, 0.717) is 5.56 Å². The number of hydrogen-bond acceptors (Lipinski definition) is 8. The second-order valence-corrected chi connectivity index (χ2v) is 10.3. The zero-order chi connectivity index (χ0) is 30.2. The van der Waals surface area contributed by atoms with Gasteiger partial charge in [0.15, 0.2) is 6.61 Å². The van der Waals surface area contributed by atoms with E-state index in [1.807, 2.05) is 0 Å². The number of rotatable bonds is 11. The Morgan fingerprint density at radius 2 is 1.29 bits per heavy atom. The van der Waals surface area contributed by atoms with Crippen molar-refractivity contribution in [1.29, 1.82) is 0 Å². The number of sulfonamides is 2. The second-order valence-electron chi connectivity index (χ2n) is 6.59. The van der Waals surface area contributed by atoms with Gasteiger partial charge in [0.05, 0.1) is 0 Å². The molecular formula is C16H10F11NO8S2. The van der Waals surface area contributed by atoms with E-state index in [-0.39, 0.29) is 5.75 Å². The largest absolute Gasteiger partial charge is 0.460 e. The Morgan fingerprint density at radius 3 is 1.71 bits per heavy atom. The van der Waals surface area contributed by atoms with Crippen LogP contribution >= 0.6 is 0 Å². The lowest BCUT2D eigenvalue weighted by Gasteiger charge is -2.33. The molecule has 216 valence electrons. The lowest BCUT2D eigenvalue weighted by atomic mass is 10.1. The van der Waals surface area contributed by atoms with E-state index in [9.17, 15) is 74.7 Å². The quantitative estimate of drug-likeness (QED) is 0.228. The highest BCUT2D eigenvalue weighted by Crippen LogP contribution is 2.54. The van der Waals surface area contributed by atoms with Crippen LogP contribution in [0.5, 0.6) is 5.75 Å². The minimum Gasteiger partial charge on any atom is -0.448 e. The molecule has 0 heterocycles. The number of esters is 2. The summed E-state index contributed by atoms with van der Waals surface area (Å²) in [5, 5.41) is -14.1. The van der Waals surface area contributed by atoms with Crippen molar-refractivity contribution < 1.29 is 84.2 Å². The van der Waals surface area contributed by atoms with Gasteiger partial charge in [-0.3, -0.25) is 0 Å². The maximum atomic E-state index is 13.9. The van der Waals surface area contributed by atoms with E-state index in [2.05, 4.69) is 16.1 Å². The predicted octanol–water partition coefficient (Wildman–Crippen LogP) is 3.05. The van der Waals surface area contributed by atoms with Crippen LogP contribution in [0.3, 0.4) is 0 Å². The van der Waals surface area contributed by atoms with E-state index < -0.39 is 71.2 Å². The monoisotopic (exact) mass is 617 g/mol. The van der Waals surface area contributed by atoms with Gasteiger partial charge in [0.2, 0.25) is 0 Å². The number of carbonyl (C=O) groups is 2. The second kappa shape index (κ2) is 10.3. The van der Waals surface area contributed by atoms with Gasteiger partial charge in [-0.1, -0.05) is 28.9 Å². The third-order valence-corrected chi connectivity index (χ3v) is 7.44. The Hall–Kier alpha value is -3.01. The fourth-order valence-electron chi connectivity index (χ4n) is 1.93. The highest BCUT2D eigenvalue weighted by molar-refractivity contribution is 8.06. The van der Waals surface area contributed by atoms with Crippen LogP contribution in [-0.2, 0) is 34.4 Å². The van der Waals surface area contributed by atoms with Crippen molar-refractivity contribution in [2.24, 2.45) is 0 Å². The van der Waals surface area contributed by atoms with E-state index in [4.69, 9.17) is 0 Å². The Labute approximate surface area is 204 Å². The summed E-state index contributed by atoms with van der Waals surface area (Å²) in [6, 6.07) is 4.86. The van der Waals surface area contributed by atoms with Crippen molar-refractivity contribution in [3.63, 3.8) is 0 Å². The molecule has 9 nitrogen and oxygen atoms in total. The molecule has 1 aromatic rings. The van der Waals surface area contributed by atoms with Crippen LogP contribution in [0.25, 0.3) is 6.08 Å². The highest BCUT2D eigenvalue weighted by atomic mass is 32.3. The predicted molar refractivity (Wildman–Crippen MR) is 99.9 cm³/mol. The van der Waals surface area contributed by atoms with Crippen LogP contribution in [0.15, 0.2) is 30.8 Å². The van der Waals surface area contributed by atoms with E-state index in [1.54, 1.807) is 0 Å². The molecule has 0 unspecified atom stereocenters. The maximum absolute atomic E-state index is 13.9. The van der Waals surface area contributed by atoms with E-state index in [1.165, 1.54) is 18.2 Å². The molecule has 22 heteroatoms. The summed E-state index contributed by atoms with van der Waals surface area (Å²) in [7, 11) is -15.6. The van der Waals surface area contributed by atoms with Crippen LogP contribution < -0.4 is 8.86 Å². The summed E-state index contributed by atoms with van der Waals surface area (Å²) in [6.45, 7) is 1.55. The standard InChI is InChI=1S/C16H10F11NO8S2/c1-2-8-3-5-9(6-4-8)36-10(29)7-35-11(30)12(17,18)37(31,32)28-38(33,34)16(26,27)14(21,22)13(19,20)15(23,24)25/h2-6,28H,1,7H2. The van der Waals surface area contributed by atoms with Crippen molar-refractivity contribution in [1.82, 2.24) is 4.13 Å². The lowest BCUT2D eigenvalue weighted by molar-refractivity contribution is -0.382. The van der Waals surface area contributed by atoms with Crippen LogP contribution in [0, 0.1) is 0 Å². The van der Waals surface area contributed by atoms with Gasteiger partial charge in [-0.15, -0.1) is 0 Å². The molecule has 0 amide bonds. The number of halogens is 11. The third-order valence-electron chi connectivity index (χ3n) is 3.92. The topological polar surface area (TPSA) is 133 Å². The summed E-state index contributed by atoms with van der Waals surface area (Å²) in [5.41, 5.74) is 0.508. The first-order valence-corrected chi connectivity index (χ1v) is 11.7. The van der Waals surface area contributed by atoms with Gasteiger partial charge in [-0.25, -0.2) is 26.4 Å². The summed E-state index contributed by atoms with van der Waals surface area (Å²) >= 11 is 0. The van der Waals surface area contributed by atoms with Crippen molar-refractivity contribution in [3.8, 4) is 5.75 Å². The Kier molecular flexibility index (Phi) is 8.93. The first-order chi connectivity index (χ1) is 16.8. The Morgan fingerprint density at radius 1 is 0.816 bits per heavy atom. The first-order valence-electron chi connectivity index (χ1n) is 8.74. The molecule has 0 aliphatic rings. The number of hydrogen-bond donors (Lipinski definition) is 1. The number of benzene rings is 1. The molecule has 1 rings (SSSR count). The zero-order valence-corrected chi connectivity index (χ0v) is 19.2. The normalized spacial score (nSPS) is 14.1. The zero-order valence-electron chi connectivity index (χ0n) is 17.5. The van der Waals surface area contributed by atoms with Crippen LogP contribution in [0.1, 0.15) is 5.56 Å². The van der Waals surface area contributed by atoms with Crippen molar-refractivity contribution in [2.75, 3.05) is 6.61 Å². The minimum absolute atomic E-state index is 0.289. The van der Waals surface area contributed by atoms with E-state index >= 15 is 0 Å². The fourth-order valence-corrected chi connectivity index (χ4v) is 4.67. The lowest BCUT2D eigenvalue weighted by Crippen LogP contribution is -2.66. The number of ether oxygens (including phenoxy) is 2. The van der Waals surface area contributed by atoms with Gasteiger partial charge in [-0.2, -0.15) is 48.3 Å². The molecule has 0 aliphatic heterocycles. The molecular weight excluding hydrogens is 607 g/mol. The molecule has 0 spiro atoms. The van der Waals surface area contributed by atoms with Gasteiger partial charge in [-0.05, 0) is 17.7 Å². The molecule has 0 radical (unpaired) electrons. The van der Waals surface area contributed by atoms with Crippen LogP contribution in [0.4, 0.5) is 48.3 Å². The summed E-state index contributed by atoms with van der Waals surface area (Å²) < 4.78 is 196. The molecule has 0 aliphatic carbocycles. The number of nitrogens with one attached hydrogen (secondary N) is 1. The van der Waals surface area contributed by atoms with Crippen molar-refractivity contribution in [3.05, 3.63) is 36.4 Å². The summed E-state index contributed by atoms with van der Waals surface area (Å²) in [6.07, 6.45) is -6.19. The average molecular weight is 617 g/mol. The van der Waals surface area contributed by atoms with Gasteiger partial charge in [0.25, 0.3) is 10.0 Å². The molecule has 0 saturated carbocycles. The maximum Gasteiger partial charge on any atom is 0.460 e. The van der Waals surface area contributed by atoms with Crippen molar-refractivity contribution in [2.45, 2.75) is 28.5 Å². The average Bonchev–Trinajstić information content (AvgIpc) is 2.75. The Balaban J connectivity index is 3.10. The van der Waals surface area contributed by atoms with Gasteiger partial charge in [0.1, 0.15) is 5.75 Å². The molecule has 0 fully saturated rings. The molecule has 0 atom stereocenters. The third kappa shape index (κ3) is 6.00.